The average Bonchev–Trinajstić information content (AvgIpc) is 2.99. The van der Waals surface area contributed by atoms with Gasteiger partial charge in [-0.15, -0.1) is 0 Å². The van der Waals surface area contributed by atoms with Crippen molar-refractivity contribution in [3.63, 3.8) is 0 Å². The highest BCUT2D eigenvalue weighted by Crippen LogP contribution is 2.35. The number of nitro groups is 1. The standard InChI is InChI=1S/C11H15N3O2/c1-7-5-6-12-11(10(7)14(15)16)13-8(2)9-3-4-9/h5-6,8-9H,3-4H2,1-2H3,(H,12,13). The minimum atomic E-state index is -0.371. The summed E-state index contributed by atoms with van der Waals surface area (Å²) in [5, 5.41) is 14.1. The Morgan fingerprint density at radius 3 is 2.88 bits per heavy atom. The van der Waals surface area contributed by atoms with Crippen LogP contribution in [0, 0.1) is 23.0 Å². The molecule has 0 spiro atoms. The van der Waals surface area contributed by atoms with Gasteiger partial charge in [-0.05, 0) is 38.7 Å². The highest BCUT2D eigenvalue weighted by Gasteiger charge is 2.30. The Hall–Kier alpha value is -1.65. The number of aryl methyl sites for hydroxylation is 1. The summed E-state index contributed by atoms with van der Waals surface area (Å²) >= 11 is 0. The molecular weight excluding hydrogens is 206 g/mol. The maximum Gasteiger partial charge on any atom is 0.314 e. The van der Waals surface area contributed by atoms with E-state index in [0.717, 1.165) is 0 Å². The molecular formula is C11H15N3O2. The molecule has 86 valence electrons. The Morgan fingerprint density at radius 2 is 2.31 bits per heavy atom. The fourth-order valence-corrected chi connectivity index (χ4v) is 1.82. The van der Waals surface area contributed by atoms with Crippen molar-refractivity contribution in [2.75, 3.05) is 5.32 Å². The fraction of sp³-hybridized carbons (Fsp3) is 0.545. The summed E-state index contributed by atoms with van der Waals surface area (Å²) in [6.07, 6.45) is 4.01. The minimum Gasteiger partial charge on any atom is -0.362 e. The van der Waals surface area contributed by atoms with Crippen LogP contribution in [-0.2, 0) is 0 Å². The summed E-state index contributed by atoms with van der Waals surface area (Å²) in [4.78, 5) is 14.6. The van der Waals surface area contributed by atoms with Crippen LogP contribution >= 0.6 is 0 Å². The van der Waals surface area contributed by atoms with Crippen LogP contribution in [0.3, 0.4) is 0 Å². The van der Waals surface area contributed by atoms with Gasteiger partial charge in [0.1, 0.15) is 0 Å². The van der Waals surface area contributed by atoms with E-state index in [1.165, 1.54) is 12.8 Å². The van der Waals surface area contributed by atoms with Gasteiger partial charge >= 0.3 is 5.69 Å². The largest absolute Gasteiger partial charge is 0.362 e. The highest BCUT2D eigenvalue weighted by molar-refractivity contribution is 5.60. The number of aromatic nitrogens is 1. The zero-order valence-electron chi connectivity index (χ0n) is 9.43. The van der Waals surface area contributed by atoms with Gasteiger partial charge in [0.15, 0.2) is 0 Å². The predicted molar refractivity (Wildman–Crippen MR) is 61.4 cm³/mol. The van der Waals surface area contributed by atoms with Gasteiger partial charge in [0.2, 0.25) is 5.82 Å². The van der Waals surface area contributed by atoms with E-state index >= 15 is 0 Å². The molecule has 5 heteroatoms. The molecule has 0 amide bonds. The zero-order valence-corrected chi connectivity index (χ0v) is 9.43. The third-order valence-electron chi connectivity index (χ3n) is 3.00. The van der Waals surface area contributed by atoms with E-state index in [-0.39, 0.29) is 16.7 Å². The quantitative estimate of drug-likeness (QED) is 0.626. The molecule has 1 N–H and O–H groups in total. The smallest absolute Gasteiger partial charge is 0.314 e. The second-order valence-corrected chi connectivity index (χ2v) is 4.35. The van der Waals surface area contributed by atoms with Crippen LogP contribution < -0.4 is 5.32 Å². The summed E-state index contributed by atoms with van der Waals surface area (Å²) in [6.45, 7) is 3.78. The van der Waals surface area contributed by atoms with E-state index in [1.807, 2.05) is 6.92 Å². The van der Waals surface area contributed by atoms with E-state index in [9.17, 15) is 10.1 Å². The molecule has 1 aliphatic carbocycles. The van der Waals surface area contributed by atoms with E-state index in [4.69, 9.17) is 0 Å². The van der Waals surface area contributed by atoms with Gasteiger partial charge < -0.3 is 5.32 Å². The monoisotopic (exact) mass is 221 g/mol. The van der Waals surface area contributed by atoms with E-state index in [0.29, 0.717) is 17.3 Å². The molecule has 2 rings (SSSR count). The molecule has 1 aliphatic rings. The van der Waals surface area contributed by atoms with Crippen LogP contribution in [0.5, 0.6) is 0 Å². The lowest BCUT2D eigenvalue weighted by molar-refractivity contribution is -0.384. The van der Waals surface area contributed by atoms with Crippen molar-refractivity contribution in [1.29, 1.82) is 0 Å². The number of hydrogen-bond acceptors (Lipinski definition) is 4. The summed E-state index contributed by atoms with van der Waals surface area (Å²) < 4.78 is 0. The second kappa shape index (κ2) is 4.08. The molecule has 1 heterocycles. The van der Waals surface area contributed by atoms with Crippen LogP contribution in [0.25, 0.3) is 0 Å². The average molecular weight is 221 g/mol. The molecule has 1 unspecified atom stereocenters. The van der Waals surface area contributed by atoms with Crippen molar-refractivity contribution in [3.8, 4) is 0 Å². The van der Waals surface area contributed by atoms with Crippen LogP contribution in [0.1, 0.15) is 25.3 Å². The lowest BCUT2D eigenvalue weighted by Gasteiger charge is -2.13. The van der Waals surface area contributed by atoms with Gasteiger partial charge in [0.05, 0.1) is 4.92 Å². The van der Waals surface area contributed by atoms with Crippen molar-refractivity contribution >= 4 is 11.5 Å². The summed E-state index contributed by atoms with van der Waals surface area (Å²) in [7, 11) is 0. The van der Waals surface area contributed by atoms with Crippen molar-refractivity contribution in [1.82, 2.24) is 4.98 Å². The molecule has 0 radical (unpaired) electrons. The number of hydrogen-bond donors (Lipinski definition) is 1. The lowest BCUT2D eigenvalue weighted by Crippen LogP contribution is -2.19. The molecule has 1 aromatic heterocycles. The van der Waals surface area contributed by atoms with Gasteiger partial charge in [-0.25, -0.2) is 4.98 Å². The first-order chi connectivity index (χ1) is 7.59. The Bertz CT molecular complexity index is 416. The molecule has 5 nitrogen and oxygen atoms in total. The molecule has 0 bridgehead atoms. The number of pyridine rings is 1. The second-order valence-electron chi connectivity index (χ2n) is 4.35. The summed E-state index contributed by atoms with van der Waals surface area (Å²) in [5.41, 5.74) is 0.737. The maximum absolute atomic E-state index is 10.9. The van der Waals surface area contributed by atoms with Crippen LogP contribution in [-0.4, -0.2) is 15.9 Å². The van der Waals surface area contributed by atoms with Gasteiger partial charge in [0, 0.05) is 17.8 Å². The van der Waals surface area contributed by atoms with Crippen molar-refractivity contribution in [3.05, 3.63) is 27.9 Å². The minimum absolute atomic E-state index is 0.0926. The van der Waals surface area contributed by atoms with Gasteiger partial charge in [-0.1, -0.05) is 0 Å². The maximum atomic E-state index is 10.9. The third kappa shape index (κ3) is 2.13. The van der Waals surface area contributed by atoms with Crippen LogP contribution in [0.15, 0.2) is 12.3 Å². The van der Waals surface area contributed by atoms with Crippen LogP contribution in [0.4, 0.5) is 11.5 Å². The molecule has 1 aromatic rings. The van der Waals surface area contributed by atoms with E-state index in [2.05, 4.69) is 10.3 Å². The number of nitrogens with zero attached hydrogens (tertiary/aromatic N) is 2. The molecule has 16 heavy (non-hydrogen) atoms. The predicted octanol–water partition coefficient (Wildman–Crippen LogP) is 2.51. The molecule has 0 aromatic carbocycles. The normalized spacial score (nSPS) is 16.9. The Morgan fingerprint density at radius 1 is 1.62 bits per heavy atom. The van der Waals surface area contributed by atoms with Gasteiger partial charge in [0.25, 0.3) is 0 Å². The Balaban J connectivity index is 2.24. The van der Waals surface area contributed by atoms with Gasteiger partial charge in [-0.2, -0.15) is 0 Å². The SMILES string of the molecule is Cc1ccnc(NC(C)C2CC2)c1[N+](=O)[O-]. The number of anilines is 1. The van der Waals surface area contributed by atoms with E-state index < -0.39 is 0 Å². The number of rotatable bonds is 4. The first-order valence-corrected chi connectivity index (χ1v) is 5.46. The first-order valence-electron chi connectivity index (χ1n) is 5.46. The van der Waals surface area contributed by atoms with Gasteiger partial charge in [-0.3, -0.25) is 10.1 Å². The molecule has 1 fully saturated rings. The first kappa shape index (κ1) is 10.9. The van der Waals surface area contributed by atoms with Crippen molar-refractivity contribution in [2.24, 2.45) is 5.92 Å². The number of nitrogens with one attached hydrogen (secondary N) is 1. The van der Waals surface area contributed by atoms with Crippen molar-refractivity contribution in [2.45, 2.75) is 32.7 Å². The van der Waals surface area contributed by atoms with Crippen molar-refractivity contribution < 1.29 is 4.92 Å². The zero-order chi connectivity index (χ0) is 11.7. The fourth-order valence-electron chi connectivity index (χ4n) is 1.82. The molecule has 1 saturated carbocycles. The lowest BCUT2D eigenvalue weighted by atomic mass is 10.2. The highest BCUT2D eigenvalue weighted by atomic mass is 16.6. The molecule has 0 aliphatic heterocycles. The summed E-state index contributed by atoms with van der Waals surface area (Å²) in [6, 6.07) is 1.92. The Labute approximate surface area is 94.0 Å². The van der Waals surface area contributed by atoms with E-state index in [1.54, 1.807) is 19.2 Å². The Kier molecular flexibility index (Phi) is 2.77. The molecule has 1 atom stereocenters. The molecule has 0 saturated heterocycles. The van der Waals surface area contributed by atoms with Crippen LogP contribution in [0.2, 0.25) is 0 Å². The topological polar surface area (TPSA) is 68.1 Å². The third-order valence-corrected chi connectivity index (χ3v) is 3.00. The summed E-state index contributed by atoms with van der Waals surface area (Å²) in [5.74, 6) is 1.03.